The van der Waals surface area contributed by atoms with Gasteiger partial charge in [-0.1, -0.05) is 28.9 Å². The van der Waals surface area contributed by atoms with Crippen LogP contribution in [0, 0.1) is 0 Å². The van der Waals surface area contributed by atoms with E-state index in [1.54, 1.807) is 12.1 Å². The third kappa shape index (κ3) is 3.93. The lowest BCUT2D eigenvalue weighted by molar-refractivity contribution is 0.0665. The third-order valence-electron chi connectivity index (χ3n) is 3.95. The lowest BCUT2D eigenvalue weighted by Crippen LogP contribution is -2.21. The van der Waals surface area contributed by atoms with Crippen molar-refractivity contribution in [3.05, 3.63) is 59.2 Å². The predicted octanol–water partition coefficient (Wildman–Crippen LogP) is 4.25. The Kier molecular flexibility index (Phi) is 5.02. The summed E-state index contributed by atoms with van der Waals surface area (Å²) >= 11 is 6.02. The summed E-state index contributed by atoms with van der Waals surface area (Å²) in [7, 11) is 0. The Morgan fingerprint density at radius 1 is 1.22 bits per heavy atom. The lowest BCUT2D eigenvalue weighted by Gasteiger charge is -2.23. The van der Waals surface area contributed by atoms with E-state index in [1.165, 1.54) is 0 Å². The molecule has 1 aliphatic rings. The van der Waals surface area contributed by atoms with Crippen LogP contribution in [0.3, 0.4) is 0 Å². The van der Waals surface area contributed by atoms with Gasteiger partial charge in [-0.2, -0.15) is 4.98 Å². The molecule has 1 aromatic heterocycles. The van der Waals surface area contributed by atoms with E-state index < -0.39 is 6.10 Å². The second-order valence-corrected chi connectivity index (χ2v) is 6.28. The fourth-order valence-electron chi connectivity index (χ4n) is 2.70. The number of hydrogen-bond acceptors (Lipinski definition) is 7. The van der Waals surface area contributed by atoms with E-state index in [1.807, 2.05) is 37.3 Å². The number of nitrogens with one attached hydrogen (secondary N) is 1. The summed E-state index contributed by atoms with van der Waals surface area (Å²) in [5.74, 6) is 2.93. The van der Waals surface area contributed by atoms with Gasteiger partial charge in [-0.3, -0.25) is 0 Å². The second-order valence-electron chi connectivity index (χ2n) is 5.84. The molecular weight excluding hydrogens is 370 g/mol. The van der Waals surface area contributed by atoms with Gasteiger partial charge in [-0.25, -0.2) is 0 Å². The summed E-state index contributed by atoms with van der Waals surface area (Å²) in [6.45, 7) is 3.15. The average Bonchev–Trinajstić information content (AvgIpc) is 3.16. The number of benzene rings is 2. The molecule has 8 heteroatoms. The van der Waals surface area contributed by atoms with Crippen LogP contribution in [0.5, 0.6) is 17.2 Å². The van der Waals surface area contributed by atoms with E-state index >= 15 is 0 Å². The number of ether oxygens (including phenoxy) is 3. The van der Waals surface area contributed by atoms with Gasteiger partial charge in [0.05, 0.1) is 18.8 Å². The Balaban J connectivity index is 1.42. The molecule has 0 radical (unpaired) electrons. The number of halogens is 1. The van der Waals surface area contributed by atoms with Crippen molar-refractivity contribution in [2.45, 2.75) is 19.6 Å². The quantitative estimate of drug-likeness (QED) is 0.677. The summed E-state index contributed by atoms with van der Waals surface area (Å²) in [6.07, 6.45) is -0.435. The minimum atomic E-state index is -0.435. The molecule has 2 heterocycles. The van der Waals surface area contributed by atoms with Crippen molar-refractivity contribution >= 4 is 17.3 Å². The summed E-state index contributed by atoms with van der Waals surface area (Å²) in [6, 6.07) is 12.9. The van der Waals surface area contributed by atoms with Crippen LogP contribution in [-0.2, 0) is 6.54 Å². The Labute approximate surface area is 161 Å². The van der Waals surface area contributed by atoms with Gasteiger partial charge in [0.15, 0.2) is 17.3 Å². The highest BCUT2D eigenvalue weighted by atomic mass is 35.5. The lowest BCUT2D eigenvalue weighted by atomic mass is 10.2. The zero-order valence-electron chi connectivity index (χ0n) is 14.6. The molecule has 0 bridgehead atoms. The van der Waals surface area contributed by atoms with Crippen LogP contribution >= 0.6 is 11.6 Å². The minimum absolute atomic E-state index is 0.317. The predicted molar refractivity (Wildman–Crippen MR) is 99.6 cm³/mol. The Morgan fingerprint density at radius 3 is 2.93 bits per heavy atom. The van der Waals surface area contributed by atoms with Crippen LogP contribution in [0.15, 0.2) is 47.0 Å². The fourth-order valence-corrected chi connectivity index (χ4v) is 2.86. The molecule has 0 saturated carbocycles. The summed E-state index contributed by atoms with van der Waals surface area (Å²) in [5, 5.41) is 7.85. The number of aromatic nitrogens is 2. The molecule has 4 rings (SSSR count). The third-order valence-corrected chi connectivity index (χ3v) is 4.18. The Morgan fingerprint density at radius 2 is 2.07 bits per heavy atom. The summed E-state index contributed by atoms with van der Waals surface area (Å²) in [5.41, 5.74) is 0.804. The van der Waals surface area contributed by atoms with Gasteiger partial charge in [-0.15, -0.1) is 0 Å². The van der Waals surface area contributed by atoms with Gasteiger partial charge in [0.2, 0.25) is 6.10 Å². The molecule has 27 heavy (non-hydrogen) atoms. The molecule has 140 valence electrons. The van der Waals surface area contributed by atoms with Crippen molar-refractivity contribution in [2.75, 3.05) is 18.5 Å². The zero-order chi connectivity index (χ0) is 18.6. The van der Waals surface area contributed by atoms with Gasteiger partial charge in [0, 0.05) is 11.1 Å². The summed E-state index contributed by atoms with van der Waals surface area (Å²) in [4.78, 5) is 4.40. The monoisotopic (exact) mass is 387 g/mol. The second kappa shape index (κ2) is 7.75. The van der Waals surface area contributed by atoms with Crippen LogP contribution < -0.4 is 19.5 Å². The SMILES string of the molecule is CCOc1cc(Cl)ccc1NCc1noc([C@@H]2COc3ccccc3O2)n1. The van der Waals surface area contributed by atoms with Crippen molar-refractivity contribution in [2.24, 2.45) is 0 Å². The highest BCUT2D eigenvalue weighted by Gasteiger charge is 2.27. The minimum Gasteiger partial charge on any atom is -0.492 e. The molecule has 1 N–H and O–H groups in total. The van der Waals surface area contributed by atoms with Crippen LogP contribution in [-0.4, -0.2) is 23.4 Å². The van der Waals surface area contributed by atoms with E-state index in [9.17, 15) is 0 Å². The van der Waals surface area contributed by atoms with Crippen molar-refractivity contribution in [1.29, 1.82) is 0 Å². The molecule has 0 unspecified atom stereocenters. The van der Waals surface area contributed by atoms with Crippen molar-refractivity contribution in [3.63, 3.8) is 0 Å². The summed E-state index contributed by atoms with van der Waals surface area (Å²) < 4.78 is 22.5. The van der Waals surface area contributed by atoms with Crippen molar-refractivity contribution in [1.82, 2.24) is 10.1 Å². The normalized spacial score (nSPS) is 15.4. The fraction of sp³-hybridized carbons (Fsp3) is 0.263. The zero-order valence-corrected chi connectivity index (χ0v) is 15.4. The average molecular weight is 388 g/mol. The topological polar surface area (TPSA) is 78.6 Å². The Bertz CT molecular complexity index is 931. The van der Waals surface area contributed by atoms with Crippen molar-refractivity contribution in [3.8, 4) is 17.2 Å². The smallest absolute Gasteiger partial charge is 0.271 e. The number of nitrogens with zero attached hydrogens (tertiary/aromatic N) is 2. The highest BCUT2D eigenvalue weighted by molar-refractivity contribution is 6.30. The molecule has 0 amide bonds. The van der Waals surface area contributed by atoms with Gasteiger partial charge in [-0.05, 0) is 31.2 Å². The molecule has 0 fully saturated rings. The first-order chi connectivity index (χ1) is 13.2. The number of rotatable bonds is 6. The maximum atomic E-state index is 6.02. The first-order valence-corrected chi connectivity index (χ1v) is 8.98. The van der Waals surface area contributed by atoms with Crippen LogP contribution in [0.2, 0.25) is 5.02 Å². The molecule has 0 aliphatic carbocycles. The highest BCUT2D eigenvalue weighted by Crippen LogP contribution is 2.35. The van der Waals surface area contributed by atoms with Gasteiger partial charge in [0.25, 0.3) is 5.89 Å². The molecule has 0 spiro atoms. The largest absolute Gasteiger partial charge is 0.492 e. The van der Waals surface area contributed by atoms with E-state index in [4.69, 9.17) is 30.3 Å². The van der Waals surface area contributed by atoms with Crippen molar-refractivity contribution < 1.29 is 18.7 Å². The molecule has 3 aromatic rings. The van der Waals surface area contributed by atoms with E-state index in [0.717, 1.165) is 5.69 Å². The van der Waals surface area contributed by atoms with E-state index in [2.05, 4.69) is 15.5 Å². The molecule has 1 aliphatic heterocycles. The first-order valence-electron chi connectivity index (χ1n) is 8.60. The van der Waals surface area contributed by atoms with Crippen LogP contribution in [0.1, 0.15) is 24.7 Å². The first kappa shape index (κ1) is 17.5. The van der Waals surface area contributed by atoms with Gasteiger partial charge < -0.3 is 24.1 Å². The maximum Gasteiger partial charge on any atom is 0.271 e. The van der Waals surface area contributed by atoms with Crippen LogP contribution in [0.25, 0.3) is 0 Å². The van der Waals surface area contributed by atoms with Crippen LogP contribution in [0.4, 0.5) is 5.69 Å². The number of fused-ring (bicyclic) bond motifs is 1. The molecule has 7 nitrogen and oxygen atoms in total. The maximum absolute atomic E-state index is 6.02. The standard InChI is InChI=1S/C19H18ClN3O4/c1-2-24-16-9-12(20)7-8-13(16)21-10-18-22-19(27-23-18)17-11-25-14-5-3-4-6-15(14)26-17/h3-9,17,21H,2,10-11H2,1H3/t17-/m0/s1. The molecule has 2 aromatic carbocycles. The van der Waals surface area contributed by atoms with E-state index in [-0.39, 0.29) is 0 Å². The number of para-hydroxylation sites is 2. The van der Waals surface area contributed by atoms with Gasteiger partial charge in [0.1, 0.15) is 12.4 Å². The van der Waals surface area contributed by atoms with E-state index in [0.29, 0.717) is 53.7 Å². The molecular formula is C19H18ClN3O4. The molecule has 0 saturated heterocycles. The van der Waals surface area contributed by atoms with Gasteiger partial charge >= 0.3 is 0 Å². The Hall–Kier alpha value is -2.93. The number of hydrogen-bond donors (Lipinski definition) is 1. The number of anilines is 1. The molecule has 1 atom stereocenters.